The third-order valence-electron chi connectivity index (χ3n) is 6.49. The van der Waals surface area contributed by atoms with Crippen molar-refractivity contribution in [1.82, 2.24) is 24.1 Å². The summed E-state index contributed by atoms with van der Waals surface area (Å²) in [4.78, 5) is 34.4. The molecule has 0 aliphatic heterocycles. The SMILES string of the molecule is COc1ccc(C(=O)N(CCCN)[C@@H](c2nc3c(Cl)c(C)nn3c(=O)n2Cc2ccccc2)C(C)C)cc1. The number of aromatic nitrogens is 4. The molecule has 1 amide bonds. The second-order valence-electron chi connectivity index (χ2n) is 9.52. The number of methoxy groups -OCH3 is 1. The molecule has 0 aliphatic carbocycles. The minimum Gasteiger partial charge on any atom is -0.497 e. The third-order valence-corrected chi connectivity index (χ3v) is 6.93. The Labute approximate surface area is 226 Å². The van der Waals surface area contributed by atoms with Gasteiger partial charge in [-0.25, -0.2) is 9.78 Å². The van der Waals surface area contributed by atoms with Crippen molar-refractivity contribution in [3.8, 4) is 5.75 Å². The Morgan fingerprint density at radius 2 is 1.82 bits per heavy atom. The topological polar surface area (TPSA) is 108 Å². The van der Waals surface area contributed by atoms with E-state index >= 15 is 0 Å². The van der Waals surface area contributed by atoms with E-state index in [1.54, 1.807) is 47.8 Å². The largest absolute Gasteiger partial charge is 0.497 e. The highest BCUT2D eigenvalue weighted by Gasteiger charge is 2.33. The summed E-state index contributed by atoms with van der Waals surface area (Å²) in [6, 6.07) is 16.1. The lowest BCUT2D eigenvalue weighted by atomic mass is 9.99. The van der Waals surface area contributed by atoms with Crippen LogP contribution in [0.4, 0.5) is 0 Å². The number of aryl methyl sites for hydroxylation is 1. The number of carbonyl (C=O) groups excluding carboxylic acids is 1. The maximum absolute atomic E-state index is 13.9. The van der Waals surface area contributed by atoms with Crippen molar-refractivity contribution >= 4 is 23.2 Å². The van der Waals surface area contributed by atoms with E-state index in [9.17, 15) is 9.59 Å². The lowest BCUT2D eigenvalue weighted by Crippen LogP contribution is -2.43. The van der Waals surface area contributed by atoms with E-state index in [0.29, 0.717) is 47.4 Å². The van der Waals surface area contributed by atoms with E-state index in [1.807, 2.05) is 44.2 Å². The second kappa shape index (κ2) is 11.8. The number of hydrogen-bond donors (Lipinski definition) is 1. The van der Waals surface area contributed by atoms with Crippen molar-refractivity contribution in [3.63, 3.8) is 0 Å². The maximum atomic E-state index is 13.9. The average Bonchev–Trinajstić information content (AvgIpc) is 3.21. The number of rotatable bonds is 10. The van der Waals surface area contributed by atoms with E-state index in [1.165, 1.54) is 4.52 Å². The van der Waals surface area contributed by atoms with Gasteiger partial charge in [-0.3, -0.25) is 9.36 Å². The van der Waals surface area contributed by atoms with Crippen LogP contribution < -0.4 is 16.2 Å². The molecule has 4 aromatic rings. The summed E-state index contributed by atoms with van der Waals surface area (Å²) in [5.41, 5.74) is 7.70. The molecule has 10 heteroatoms. The van der Waals surface area contributed by atoms with E-state index in [0.717, 1.165) is 5.56 Å². The molecule has 38 heavy (non-hydrogen) atoms. The molecule has 0 spiro atoms. The first-order chi connectivity index (χ1) is 18.3. The summed E-state index contributed by atoms with van der Waals surface area (Å²) in [6.07, 6.45) is 0.586. The highest BCUT2D eigenvalue weighted by Crippen LogP contribution is 2.31. The highest BCUT2D eigenvalue weighted by molar-refractivity contribution is 6.34. The summed E-state index contributed by atoms with van der Waals surface area (Å²) in [6.45, 7) is 6.82. The Hall–Kier alpha value is -3.69. The number of hydrogen-bond acceptors (Lipinski definition) is 6. The standard InChI is InChI=1S/C28H33ClN6O3/c1-18(2)24(33(16-8-15-30)27(36)21-11-13-22(38-4)14-12-21)26-31-25-23(29)19(3)32-35(25)28(37)34(26)17-20-9-6-5-7-10-20/h5-7,9-14,18,24H,8,15-17,30H2,1-4H3/t24-/m1/s1. The van der Waals surface area contributed by atoms with Gasteiger partial charge in [0.1, 0.15) is 16.6 Å². The molecule has 200 valence electrons. The van der Waals surface area contributed by atoms with Crippen LogP contribution in [0.15, 0.2) is 59.4 Å². The van der Waals surface area contributed by atoms with Gasteiger partial charge in [0.25, 0.3) is 5.91 Å². The molecule has 9 nitrogen and oxygen atoms in total. The summed E-state index contributed by atoms with van der Waals surface area (Å²) in [5, 5.41) is 4.65. The first-order valence-corrected chi connectivity index (χ1v) is 13.0. The molecular formula is C28H33ClN6O3. The van der Waals surface area contributed by atoms with Crippen molar-refractivity contribution in [2.24, 2.45) is 11.7 Å². The van der Waals surface area contributed by atoms with E-state index in [4.69, 9.17) is 27.1 Å². The third kappa shape index (κ3) is 5.44. The molecule has 0 radical (unpaired) electrons. The summed E-state index contributed by atoms with van der Waals surface area (Å²) >= 11 is 6.53. The highest BCUT2D eigenvalue weighted by atomic mass is 35.5. The zero-order chi connectivity index (χ0) is 27.4. The fourth-order valence-corrected chi connectivity index (χ4v) is 4.73. The Kier molecular flexibility index (Phi) is 8.48. The zero-order valence-corrected chi connectivity index (χ0v) is 22.9. The van der Waals surface area contributed by atoms with Crippen LogP contribution in [0.3, 0.4) is 0 Å². The van der Waals surface area contributed by atoms with Gasteiger partial charge in [0.05, 0.1) is 25.4 Å². The van der Waals surface area contributed by atoms with Crippen LogP contribution in [-0.4, -0.2) is 50.2 Å². The van der Waals surface area contributed by atoms with E-state index in [-0.39, 0.29) is 29.7 Å². The fraction of sp³-hybridized carbons (Fsp3) is 0.357. The Morgan fingerprint density at radius 1 is 1.13 bits per heavy atom. The summed E-state index contributed by atoms with van der Waals surface area (Å²) in [5.74, 6) is 0.831. The van der Waals surface area contributed by atoms with E-state index < -0.39 is 6.04 Å². The molecular weight excluding hydrogens is 504 g/mol. The predicted molar refractivity (Wildman–Crippen MR) is 148 cm³/mol. The van der Waals surface area contributed by atoms with Crippen LogP contribution in [0.1, 0.15) is 53.7 Å². The number of ether oxygens (including phenoxy) is 1. The zero-order valence-electron chi connectivity index (χ0n) is 22.1. The number of nitrogens with zero attached hydrogens (tertiary/aromatic N) is 5. The Morgan fingerprint density at radius 3 is 2.42 bits per heavy atom. The molecule has 4 rings (SSSR count). The second-order valence-corrected chi connectivity index (χ2v) is 9.90. The van der Waals surface area contributed by atoms with Crippen LogP contribution in [0.2, 0.25) is 5.02 Å². The van der Waals surface area contributed by atoms with Gasteiger partial charge in [0.2, 0.25) is 0 Å². The molecule has 0 saturated carbocycles. The number of fused-ring (bicyclic) bond motifs is 1. The van der Waals surface area contributed by atoms with Crippen LogP contribution >= 0.6 is 11.6 Å². The molecule has 0 fully saturated rings. The van der Waals surface area contributed by atoms with Gasteiger partial charge in [0, 0.05) is 12.1 Å². The molecule has 2 N–H and O–H groups in total. The van der Waals surface area contributed by atoms with Crippen LogP contribution in [0.25, 0.3) is 5.65 Å². The smallest absolute Gasteiger partial charge is 0.352 e. The van der Waals surface area contributed by atoms with Crippen LogP contribution in [0, 0.1) is 12.8 Å². The summed E-state index contributed by atoms with van der Waals surface area (Å²) < 4.78 is 8.08. The molecule has 2 aromatic heterocycles. The van der Waals surface area contributed by atoms with Gasteiger partial charge in [-0.15, -0.1) is 0 Å². The lowest BCUT2D eigenvalue weighted by molar-refractivity contribution is 0.0601. The van der Waals surface area contributed by atoms with Gasteiger partial charge in [-0.1, -0.05) is 55.8 Å². The van der Waals surface area contributed by atoms with Crippen LogP contribution in [0.5, 0.6) is 5.75 Å². The maximum Gasteiger partial charge on any atom is 0.352 e. The minimum atomic E-state index is -0.538. The van der Waals surface area contributed by atoms with Crippen molar-refractivity contribution in [1.29, 1.82) is 0 Å². The Bertz CT molecular complexity index is 1460. The van der Waals surface area contributed by atoms with E-state index in [2.05, 4.69) is 5.10 Å². The number of nitrogens with two attached hydrogens (primary N) is 1. The number of benzene rings is 2. The number of carbonyl (C=O) groups is 1. The lowest BCUT2D eigenvalue weighted by Gasteiger charge is -2.35. The molecule has 0 bridgehead atoms. The van der Waals surface area contributed by atoms with Crippen molar-refractivity contribution in [2.45, 2.75) is 39.8 Å². The van der Waals surface area contributed by atoms with Gasteiger partial charge in [-0.2, -0.15) is 9.61 Å². The quantitative estimate of drug-likeness (QED) is 0.327. The minimum absolute atomic E-state index is 0.0888. The van der Waals surface area contributed by atoms with Gasteiger partial charge < -0.3 is 15.4 Å². The molecule has 0 unspecified atom stereocenters. The Balaban J connectivity index is 1.92. The van der Waals surface area contributed by atoms with Gasteiger partial charge in [-0.05, 0) is 55.6 Å². The molecule has 2 aromatic carbocycles. The van der Waals surface area contributed by atoms with Crippen LogP contribution in [-0.2, 0) is 6.54 Å². The monoisotopic (exact) mass is 536 g/mol. The first kappa shape index (κ1) is 27.3. The van der Waals surface area contributed by atoms with Gasteiger partial charge in [0.15, 0.2) is 5.65 Å². The number of amides is 1. The normalized spacial score (nSPS) is 12.2. The fourth-order valence-electron chi connectivity index (χ4n) is 4.57. The van der Waals surface area contributed by atoms with Crippen molar-refractivity contribution in [2.75, 3.05) is 20.2 Å². The average molecular weight is 537 g/mol. The molecule has 2 heterocycles. The predicted octanol–water partition coefficient (Wildman–Crippen LogP) is 4.10. The molecule has 0 saturated heterocycles. The first-order valence-electron chi connectivity index (χ1n) is 12.6. The van der Waals surface area contributed by atoms with Gasteiger partial charge >= 0.3 is 5.69 Å². The van der Waals surface area contributed by atoms with Crippen molar-refractivity contribution in [3.05, 3.63) is 92.7 Å². The summed E-state index contributed by atoms with van der Waals surface area (Å²) in [7, 11) is 1.58. The molecule has 0 aliphatic rings. The van der Waals surface area contributed by atoms with Crippen molar-refractivity contribution < 1.29 is 9.53 Å². The number of halogens is 1. The molecule has 1 atom stereocenters.